The van der Waals surface area contributed by atoms with E-state index in [0.29, 0.717) is 5.84 Å². The van der Waals surface area contributed by atoms with Crippen molar-refractivity contribution in [2.24, 2.45) is 5.73 Å². The van der Waals surface area contributed by atoms with E-state index in [1.165, 1.54) is 11.1 Å². The Bertz CT molecular complexity index is 714. The number of benzene rings is 2. The quantitative estimate of drug-likeness (QED) is 0.426. The van der Waals surface area contributed by atoms with E-state index in [1.807, 2.05) is 24.3 Å². The SMILES string of the molecule is CC(C)(C)c1ccc(C(=N)NC(N)c2ccc(C(C)(C)C)cc2)cc1. The molecule has 3 nitrogen and oxygen atoms in total. The van der Waals surface area contributed by atoms with Gasteiger partial charge in [-0.05, 0) is 27.5 Å². The molecule has 0 heterocycles. The molecule has 1 atom stereocenters. The molecule has 0 aliphatic heterocycles. The Morgan fingerprint density at radius 3 is 1.60 bits per heavy atom. The fourth-order valence-corrected chi connectivity index (χ4v) is 2.65. The van der Waals surface area contributed by atoms with Gasteiger partial charge in [0.25, 0.3) is 0 Å². The first kappa shape index (κ1) is 19.2. The van der Waals surface area contributed by atoms with Crippen LogP contribution >= 0.6 is 0 Å². The lowest BCUT2D eigenvalue weighted by Gasteiger charge is -2.22. The second-order valence-electron chi connectivity index (χ2n) is 8.70. The highest BCUT2D eigenvalue weighted by Gasteiger charge is 2.16. The van der Waals surface area contributed by atoms with E-state index in [0.717, 1.165) is 11.1 Å². The highest BCUT2D eigenvalue weighted by molar-refractivity contribution is 5.96. The maximum Gasteiger partial charge on any atom is 0.126 e. The lowest BCUT2D eigenvalue weighted by Crippen LogP contribution is -2.34. The Hall–Kier alpha value is -2.13. The second kappa shape index (κ2) is 7.01. The van der Waals surface area contributed by atoms with E-state index in [9.17, 15) is 0 Å². The average molecular weight is 338 g/mol. The summed E-state index contributed by atoms with van der Waals surface area (Å²) in [6.45, 7) is 13.1. The molecule has 0 spiro atoms. The van der Waals surface area contributed by atoms with Gasteiger partial charge in [-0.1, -0.05) is 90.1 Å². The fourth-order valence-electron chi connectivity index (χ4n) is 2.65. The van der Waals surface area contributed by atoms with Crippen molar-refractivity contribution in [2.45, 2.75) is 58.5 Å². The molecule has 2 aromatic rings. The standard InChI is InChI=1S/C22H31N3/c1-21(2,3)17-11-7-15(8-12-17)19(23)25-20(24)16-9-13-18(14-10-16)22(4,5)6/h7-14,19H,23H2,1-6H3,(H2,24,25). The molecule has 0 aromatic heterocycles. The Labute approximate surface area is 152 Å². The van der Waals surface area contributed by atoms with Crippen molar-refractivity contribution in [3.05, 3.63) is 70.8 Å². The van der Waals surface area contributed by atoms with E-state index < -0.39 is 6.17 Å². The number of nitrogens with one attached hydrogen (secondary N) is 2. The molecule has 0 amide bonds. The minimum Gasteiger partial charge on any atom is -0.351 e. The number of hydrogen-bond donors (Lipinski definition) is 3. The zero-order chi connectivity index (χ0) is 18.8. The zero-order valence-corrected chi connectivity index (χ0v) is 16.3. The molecule has 3 heteroatoms. The van der Waals surface area contributed by atoms with Gasteiger partial charge in [-0.2, -0.15) is 0 Å². The predicted molar refractivity (Wildman–Crippen MR) is 107 cm³/mol. The molecule has 0 bridgehead atoms. The summed E-state index contributed by atoms with van der Waals surface area (Å²) in [7, 11) is 0. The van der Waals surface area contributed by atoms with Crippen molar-refractivity contribution in [3.8, 4) is 0 Å². The van der Waals surface area contributed by atoms with Gasteiger partial charge in [-0.15, -0.1) is 0 Å². The minimum absolute atomic E-state index is 0.110. The van der Waals surface area contributed by atoms with Gasteiger partial charge in [0.1, 0.15) is 12.0 Å². The van der Waals surface area contributed by atoms with Crippen LogP contribution < -0.4 is 11.1 Å². The smallest absolute Gasteiger partial charge is 0.126 e. The van der Waals surface area contributed by atoms with Crippen molar-refractivity contribution >= 4 is 5.84 Å². The van der Waals surface area contributed by atoms with Gasteiger partial charge in [-0.3, -0.25) is 5.41 Å². The third kappa shape index (κ3) is 4.93. The molecule has 4 N–H and O–H groups in total. The van der Waals surface area contributed by atoms with Crippen LogP contribution in [0.25, 0.3) is 0 Å². The van der Waals surface area contributed by atoms with Crippen LogP contribution in [0.3, 0.4) is 0 Å². The summed E-state index contributed by atoms with van der Waals surface area (Å²) in [6, 6.07) is 16.4. The molecule has 2 rings (SSSR count). The molecular weight excluding hydrogens is 306 g/mol. The Morgan fingerprint density at radius 2 is 1.20 bits per heavy atom. The third-order valence-electron chi connectivity index (χ3n) is 4.48. The zero-order valence-electron chi connectivity index (χ0n) is 16.3. The summed E-state index contributed by atoms with van der Waals surface area (Å²) in [5, 5.41) is 11.4. The number of amidine groups is 1. The first-order valence-corrected chi connectivity index (χ1v) is 8.80. The number of rotatable bonds is 3. The van der Waals surface area contributed by atoms with Crippen molar-refractivity contribution in [1.29, 1.82) is 5.41 Å². The average Bonchev–Trinajstić information content (AvgIpc) is 2.53. The molecule has 0 aliphatic carbocycles. The van der Waals surface area contributed by atoms with E-state index in [1.54, 1.807) is 0 Å². The Kier molecular flexibility index (Phi) is 5.38. The normalized spacial score (nSPS) is 13.4. The van der Waals surface area contributed by atoms with Gasteiger partial charge in [0, 0.05) is 5.56 Å². The molecule has 134 valence electrons. The molecular formula is C22H31N3. The maximum absolute atomic E-state index is 8.29. The third-order valence-corrected chi connectivity index (χ3v) is 4.48. The maximum atomic E-state index is 8.29. The van der Waals surface area contributed by atoms with Crippen LogP contribution in [0.2, 0.25) is 0 Å². The molecule has 0 saturated heterocycles. The summed E-state index contributed by atoms with van der Waals surface area (Å²) in [6.07, 6.45) is -0.399. The van der Waals surface area contributed by atoms with Gasteiger partial charge in [0.15, 0.2) is 0 Å². The lowest BCUT2D eigenvalue weighted by atomic mass is 9.86. The van der Waals surface area contributed by atoms with E-state index in [2.05, 4.69) is 71.1 Å². The largest absolute Gasteiger partial charge is 0.351 e. The molecule has 0 fully saturated rings. The molecule has 1 unspecified atom stereocenters. The van der Waals surface area contributed by atoms with E-state index in [-0.39, 0.29) is 10.8 Å². The fraction of sp³-hybridized carbons (Fsp3) is 0.409. The first-order chi connectivity index (χ1) is 11.5. The summed E-state index contributed by atoms with van der Waals surface area (Å²) in [4.78, 5) is 0. The van der Waals surface area contributed by atoms with E-state index in [4.69, 9.17) is 11.1 Å². The molecule has 0 saturated carbocycles. The highest BCUT2D eigenvalue weighted by atomic mass is 15.1. The van der Waals surface area contributed by atoms with Crippen LogP contribution in [0, 0.1) is 5.41 Å². The molecule has 0 radical (unpaired) electrons. The van der Waals surface area contributed by atoms with Crippen molar-refractivity contribution in [3.63, 3.8) is 0 Å². The summed E-state index contributed by atoms with van der Waals surface area (Å²) in [5.74, 6) is 0.341. The van der Waals surface area contributed by atoms with Gasteiger partial charge in [-0.25, -0.2) is 0 Å². The van der Waals surface area contributed by atoms with Gasteiger partial charge in [0.05, 0.1) is 0 Å². The number of nitrogens with two attached hydrogens (primary N) is 1. The van der Waals surface area contributed by atoms with Crippen molar-refractivity contribution in [2.75, 3.05) is 0 Å². The van der Waals surface area contributed by atoms with Crippen molar-refractivity contribution < 1.29 is 0 Å². The lowest BCUT2D eigenvalue weighted by molar-refractivity contribution is 0.588. The summed E-state index contributed by atoms with van der Waals surface area (Å²) >= 11 is 0. The van der Waals surface area contributed by atoms with Gasteiger partial charge < -0.3 is 11.1 Å². The summed E-state index contributed by atoms with van der Waals surface area (Å²) < 4.78 is 0. The van der Waals surface area contributed by atoms with Gasteiger partial charge in [0.2, 0.25) is 0 Å². The Balaban J connectivity index is 2.07. The van der Waals surface area contributed by atoms with Crippen LogP contribution in [0.1, 0.15) is 70.0 Å². The molecule has 25 heavy (non-hydrogen) atoms. The minimum atomic E-state index is -0.399. The summed E-state index contributed by atoms with van der Waals surface area (Å²) in [5.41, 5.74) is 10.8. The van der Waals surface area contributed by atoms with E-state index >= 15 is 0 Å². The molecule has 2 aromatic carbocycles. The van der Waals surface area contributed by atoms with Crippen LogP contribution in [0.5, 0.6) is 0 Å². The second-order valence-corrected chi connectivity index (χ2v) is 8.70. The molecule has 0 aliphatic rings. The monoisotopic (exact) mass is 337 g/mol. The van der Waals surface area contributed by atoms with Gasteiger partial charge >= 0.3 is 0 Å². The highest BCUT2D eigenvalue weighted by Crippen LogP contribution is 2.24. The topological polar surface area (TPSA) is 61.9 Å². The first-order valence-electron chi connectivity index (χ1n) is 8.80. The predicted octanol–water partition coefficient (Wildman–Crippen LogP) is 4.85. The number of hydrogen-bond acceptors (Lipinski definition) is 2. The van der Waals surface area contributed by atoms with Crippen LogP contribution in [0.4, 0.5) is 0 Å². The van der Waals surface area contributed by atoms with Crippen molar-refractivity contribution in [1.82, 2.24) is 5.32 Å². The Morgan fingerprint density at radius 1 is 0.800 bits per heavy atom. The van der Waals surface area contributed by atoms with Crippen LogP contribution in [-0.4, -0.2) is 5.84 Å². The van der Waals surface area contributed by atoms with Crippen LogP contribution in [-0.2, 0) is 10.8 Å². The van der Waals surface area contributed by atoms with Crippen LogP contribution in [0.15, 0.2) is 48.5 Å².